The number of aromatic nitrogens is 2. The molecule has 7 heteroatoms. The van der Waals surface area contributed by atoms with Gasteiger partial charge in [0, 0.05) is 23.7 Å². The third-order valence-corrected chi connectivity index (χ3v) is 5.28. The largest absolute Gasteiger partial charge is 0.481 e. The van der Waals surface area contributed by atoms with E-state index in [1.54, 1.807) is 12.1 Å². The van der Waals surface area contributed by atoms with Crippen molar-refractivity contribution >= 4 is 34.3 Å². The number of benzene rings is 2. The van der Waals surface area contributed by atoms with Crippen LogP contribution >= 0.6 is 11.6 Å². The van der Waals surface area contributed by atoms with Gasteiger partial charge < -0.3 is 10.0 Å². The molecular weight excluding hydrogens is 369 g/mol. The lowest BCUT2D eigenvalue weighted by molar-refractivity contribution is -0.141. The van der Waals surface area contributed by atoms with Crippen LogP contribution in [0.4, 0.5) is 10.2 Å². The van der Waals surface area contributed by atoms with Crippen LogP contribution in [0.5, 0.6) is 0 Å². The van der Waals surface area contributed by atoms with Crippen molar-refractivity contribution < 1.29 is 14.3 Å². The van der Waals surface area contributed by atoms with E-state index in [0.29, 0.717) is 35.7 Å². The molecule has 0 spiro atoms. The molecule has 1 N–H and O–H groups in total. The zero-order valence-corrected chi connectivity index (χ0v) is 15.2. The van der Waals surface area contributed by atoms with Gasteiger partial charge in [0.2, 0.25) is 0 Å². The molecule has 2 heterocycles. The van der Waals surface area contributed by atoms with Gasteiger partial charge in [0.1, 0.15) is 23.5 Å². The maximum atomic E-state index is 14.5. The summed E-state index contributed by atoms with van der Waals surface area (Å²) in [5.41, 5.74) is 1.69. The average molecular weight is 386 g/mol. The van der Waals surface area contributed by atoms with Gasteiger partial charge in [-0.25, -0.2) is 14.4 Å². The van der Waals surface area contributed by atoms with Gasteiger partial charge in [-0.15, -0.1) is 0 Å². The molecule has 3 aromatic rings. The quantitative estimate of drug-likeness (QED) is 0.724. The second-order valence-electron chi connectivity index (χ2n) is 6.62. The summed E-state index contributed by atoms with van der Waals surface area (Å²) >= 11 is 6.38. The predicted molar refractivity (Wildman–Crippen MR) is 103 cm³/mol. The number of halogens is 2. The molecule has 0 bridgehead atoms. The monoisotopic (exact) mass is 385 g/mol. The van der Waals surface area contributed by atoms with Crippen molar-refractivity contribution in [2.75, 3.05) is 18.0 Å². The Bertz CT molecular complexity index is 1030. The first kappa shape index (κ1) is 17.7. The van der Waals surface area contributed by atoms with E-state index >= 15 is 0 Å². The van der Waals surface area contributed by atoms with Gasteiger partial charge in [-0.1, -0.05) is 35.9 Å². The van der Waals surface area contributed by atoms with Crippen LogP contribution in [0, 0.1) is 11.7 Å². The molecule has 1 aliphatic rings. The molecule has 4 rings (SSSR count). The third kappa shape index (κ3) is 3.21. The molecule has 1 atom stereocenters. The Kier molecular flexibility index (Phi) is 4.66. The number of rotatable bonds is 3. The summed E-state index contributed by atoms with van der Waals surface area (Å²) in [5, 5.41) is 10.5. The van der Waals surface area contributed by atoms with E-state index in [-0.39, 0.29) is 5.52 Å². The van der Waals surface area contributed by atoms with Crippen LogP contribution in [-0.4, -0.2) is 34.1 Å². The fourth-order valence-corrected chi connectivity index (χ4v) is 3.88. The number of nitrogens with zero attached hydrogens (tertiary/aromatic N) is 3. The van der Waals surface area contributed by atoms with Crippen molar-refractivity contribution in [3.8, 4) is 11.1 Å². The summed E-state index contributed by atoms with van der Waals surface area (Å²) in [6.45, 7) is 0.994. The second-order valence-corrected chi connectivity index (χ2v) is 7.03. The van der Waals surface area contributed by atoms with Crippen molar-refractivity contribution in [3.63, 3.8) is 0 Å². The van der Waals surface area contributed by atoms with Crippen LogP contribution in [0.25, 0.3) is 22.0 Å². The summed E-state index contributed by atoms with van der Waals surface area (Å²) in [5.74, 6) is -1.20. The van der Waals surface area contributed by atoms with Gasteiger partial charge in [0.15, 0.2) is 0 Å². The van der Waals surface area contributed by atoms with E-state index in [2.05, 4.69) is 9.97 Å². The number of anilines is 1. The van der Waals surface area contributed by atoms with Crippen LogP contribution in [0.2, 0.25) is 5.02 Å². The standard InChI is InChI=1S/C20H17ClFN3O2/c21-15-6-2-1-5-13(15)14-7-8-16(22)18-17(14)19(24-11-23-18)25-9-3-4-12(10-25)20(26)27/h1-2,5-8,11-12H,3-4,9-10H2,(H,26,27). The lowest BCUT2D eigenvalue weighted by atomic mass is 9.96. The fraction of sp³-hybridized carbons (Fsp3) is 0.250. The summed E-state index contributed by atoms with van der Waals surface area (Å²) in [7, 11) is 0. The Morgan fingerprint density at radius 2 is 2.00 bits per heavy atom. The maximum Gasteiger partial charge on any atom is 0.308 e. The van der Waals surface area contributed by atoms with E-state index < -0.39 is 17.7 Å². The first-order valence-corrected chi connectivity index (χ1v) is 9.10. The van der Waals surface area contributed by atoms with Gasteiger partial charge in [-0.3, -0.25) is 4.79 Å². The molecular formula is C20H17ClFN3O2. The van der Waals surface area contributed by atoms with E-state index in [4.69, 9.17) is 11.6 Å². The first-order chi connectivity index (χ1) is 13.1. The Labute approximate surface area is 160 Å². The highest BCUT2D eigenvalue weighted by Crippen LogP contribution is 2.38. The van der Waals surface area contributed by atoms with Gasteiger partial charge >= 0.3 is 5.97 Å². The van der Waals surface area contributed by atoms with Crippen LogP contribution in [0.3, 0.4) is 0 Å². The lowest BCUT2D eigenvalue weighted by Gasteiger charge is -2.32. The number of piperidine rings is 1. The van der Waals surface area contributed by atoms with E-state index in [1.165, 1.54) is 12.4 Å². The third-order valence-electron chi connectivity index (χ3n) is 4.95. The molecule has 0 radical (unpaired) electrons. The Morgan fingerprint density at radius 3 is 2.78 bits per heavy atom. The molecule has 1 fully saturated rings. The molecule has 27 heavy (non-hydrogen) atoms. The zero-order chi connectivity index (χ0) is 19.0. The lowest BCUT2D eigenvalue weighted by Crippen LogP contribution is -2.39. The molecule has 0 aliphatic carbocycles. The normalized spacial score (nSPS) is 17.3. The highest BCUT2D eigenvalue weighted by atomic mass is 35.5. The SMILES string of the molecule is O=C(O)C1CCCN(c2ncnc3c(F)ccc(-c4ccccc4Cl)c23)C1. The van der Waals surface area contributed by atoms with Gasteiger partial charge in [-0.05, 0) is 30.5 Å². The minimum atomic E-state index is -0.824. The van der Waals surface area contributed by atoms with E-state index in [1.807, 2.05) is 23.1 Å². The van der Waals surface area contributed by atoms with Crippen LogP contribution in [-0.2, 0) is 4.79 Å². The molecule has 138 valence electrons. The van der Waals surface area contributed by atoms with E-state index in [0.717, 1.165) is 17.5 Å². The second kappa shape index (κ2) is 7.12. The predicted octanol–water partition coefficient (Wildman–Crippen LogP) is 4.39. The van der Waals surface area contributed by atoms with Crippen LogP contribution in [0.1, 0.15) is 12.8 Å². The molecule has 5 nitrogen and oxygen atoms in total. The van der Waals surface area contributed by atoms with Crippen LogP contribution in [0.15, 0.2) is 42.7 Å². The number of aliphatic carboxylic acids is 1. The fourth-order valence-electron chi connectivity index (χ4n) is 3.64. The number of hydrogen-bond acceptors (Lipinski definition) is 4. The Balaban J connectivity index is 1.93. The number of carbonyl (C=O) groups is 1. The molecule has 0 amide bonds. The van der Waals surface area contributed by atoms with Crippen LogP contribution < -0.4 is 4.90 Å². The summed E-state index contributed by atoms with van der Waals surface area (Å²) in [6.07, 6.45) is 2.68. The summed E-state index contributed by atoms with van der Waals surface area (Å²) in [6, 6.07) is 10.4. The van der Waals surface area contributed by atoms with Crippen molar-refractivity contribution in [1.29, 1.82) is 0 Å². The van der Waals surface area contributed by atoms with Crippen molar-refractivity contribution in [3.05, 3.63) is 53.6 Å². The number of hydrogen-bond donors (Lipinski definition) is 1. The molecule has 0 saturated carbocycles. The zero-order valence-electron chi connectivity index (χ0n) is 14.4. The van der Waals surface area contributed by atoms with Gasteiger partial charge in [-0.2, -0.15) is 0 Å². The van der Waals surface area contributed by atoms with Crippen molar-refractivity contribution in [1.82, 2.24) is 9.97 Å². The molecule has 1 aliphatic heterocycles. The Hall–Kier alpha value is -2.73. The molecule has 1 saturated heterocycles. The first-order valence-electron chi connectivity index (χ1n) is 8.72. The highest BCUT2D eigenvalue weighted by Gasteiger charge is 2.28. The smallest absolute Gasteiger partial charge is 0.308 e. The van der Waals surface area contributed by atoms with Gasteiger partial charge in [0.25, 0.3) is 0 Å². The number of fused-ring (bicyclic) bond motifs is 1. The topological polar surface area (TPSA) is 66.3 Å². The van der Waals surface area contributed by atoms with Gasteiger partial charge in [0.05, 0.1) is 11.3 Å². The minimum absolute atomic E-state index is 0.204. The summed E-state index contributed by atoms with van der Waals surface area (Å²) < 4.78 is 14.5. The molecule has 1 aromatic heterocycles. The van der Waals surface area contributed by atoms with Crippen molar-refractivity contribution in [2.24, 2.45) is 5.92 Å². The Morgan fingerprint density at radius 1 is 1.19 bits per heavy atom. The van der Waals surface area contributed by atoms with Crippen molar-refractivity contribution in [2.45, 2.75) is 12.8 Å². The number of carboxylic acids is 1. The number of carboxylic acid groups (broad SMARTS) is 1. The molecule has 2 aromatic carbocycles. The average Bonchev–Trinajstić information content (AvgIpc) is 2.69. The minimum Gasteiger partial charge on any atom is -0.481 e. The van der Waals surface area contributed by atoms with E-state index in [9.17, 15) is 14.3 Å². The summed E-state index contributed by atoms with van der Waals surface area (Å²) in [4.78, 5) is 21.9. The molecule has 1 unspecified atom stereocenters. The highest BCUT2D eigenvalue weighted by molar-refractivity contribution is 6.33. The maximum absolute atomic E-state index is 14.5.